The second kappa shape index (κ2) is 7.19. The van der Waals surface area contributed by atoms with Gasteiger partial charge in [0.1, 0.15) is 17.2 Å². The van der Waals surface area contributed by atoms with Gasteiger partial charge in [0.2, 0.25) is 11.6 Å². The van der Waals surface area contributed by atoms with E-state index in [4.69, 9.17) is 16.2 Å². The normalized spacial score (nSPS) is 12.6. The van der Waals surface area contributed by atoms with Gasteiger partial charge in [0.15, 0.2) is 0 Å². The van der Waals surface area contributed by atoms with Crippen molar-refractivity contribution >= 4 is 22.9 Å². The summed E-state index contributed by atoms with van der Waals surface area (Å²) in [7, 11) is 0. The lowest BCUT2D eigenvalue weighted by atomic mass is 9.81. The number of nitrogen functional groups attached to an aromatic ring is 2. The standard InChI is InChI=1S/C20H22N2O5/c1-2-3-4-5-8-27-13-9-12(24)16-17(18(13)22)20(26)15-11(23)7-6-10(21)14(15)19(16)25/h6-7,9,23-24H,2-5,8,21-22H2,1H3. The SMILES string of the molecule is CCCCCCOc1cc(O)c2c(c1N)C(=O)c1c(O)ccc(N)c1C2=O. The number of rotatable bonds is 6. The Hall–Kier alpha value is -3.22. The van der Waals surface area contributed by atoms with Crippen molar-refractivity contribution in [1.29, 1.82) is 0 Å². The quantitative estimate of drug-likeness (QED) is 0.297. The molecule has 0 unspecified atom stereocenters. The Kier molecular flexibility index (Phi) is 4.94. The molecule has 6 N–H and O–H groups in total. The zero-order valence-corrected chi connectivity index (χ0v) is 15.0. The van der Waals surface area contributed by atoms with Crippen LogP contribution in [0, 0.1) is 0 Å². The molecule has 7 nitrogen and oxygen atoms in total. The highest BCUT2D eigenvalue weighted by Gasteiger charge is 2.38. The summed E-state index contributed by atoms with van der Waals surface area (Å²) in [5, 5.41) is 20.4. The van der Waals surface area contributed by atoms with Gasteiger partial charge in [0.25, 0.3) is 0 Å². The van der Waals surface area contributed by atoms with Crippen LogP contribution in [0.4, 0.5) is 11.4 Å². The molecular formula is C20H22N2O5. The van der Waals surface area contributed by atoms with E-state index in [2.05, 4.69) is 6.92 Å². The Morgan fingerprint density at radius 1 is 0.889 bits per heavy atom. The van der Waals surface area contributed by atoms with E-state index in [1.165, 1.54) is 18.2 Å². The molecule has 0 atom stereocenters. The summed E-state index contributed by atoms with van der Waals surface area (Å²) < 4.78 is 5.62. The second-order valence-corrected chi connectivity index (χ2v) is 6.55. The number of carbonyl (C=O) groups excluding carboxylic acids is 2. The van der Waals surface area contributed by atoms with Crippen LogP contribution in [0.2, 0.25) is 0 Å². The summed E-state index contributed by atoms with van der Waals surface area (Å²) >= 11 is 0. The molecule has 27 heavy (non-hydrogen) atoms. The van der Waals surface area contributed by atoms with Gasteiger partial charge in [-0.25, -0.2) is 0 Å². The molecule has 7 heteroatoms. The summed E-state index contributed by atoms with van der Waals surface area (Å²) in [6.07, 6.45) is 3.96. The highest BCUT2D eigenvalue weighted by atomic mass is 16.5. The second-order valence-electron chi connectivity index (χ2n) is 6.55. The molecule has 142 valence electrons. The predicted molar refractivity (Wildman–Crippen MR) is 102 cm³/mol. The number of ether oxygens (including phenoxy) is 1. The van der Waals surface area contributed by atoms with Gasteiger partial charge >= 0.3 is 0 Å². The highest BCUT2D eigenvalue weighted by molar-refractivity contribution is 6.33. The van der Waals surface area contributed by atoms with Gasteiger partial charge in [-0.05, 0) is 18.6 Å². The smallest absolute Gasteiger partial charge is 0.200 e. The lowest BCUT2D eigenvalue weighted by Crippen LogP contribution is -2.24. The largest absolute Gasteiger partial charge is 0.507 e. The van der Waals surface area contributed by atoms with E-state index < -0.39 is 17.3 Å². The number of aromatic hydroxyl groups is 2. The number of nitrogens with two attached hydrogens (primary N) is 2. The summed E-state index contributed by atoms with van der Waals surface area (Å²) in [6.45, 7) is 2.47. The van der Waals surface area contributed by atoms with Crippen molar-refractivity contribution in [3.8, 4) is 17.2 Å². The molecule has 0 bridgehead atoms. The molecule has 0 saturated heterocycles. The van der Waals surface area contributed by atoms with E-state index >= 15 is 0 Å². The average Bonchev–Trinajstić information content (AvgIpc) is 2.63. The maximum atomic E-state index is 13.0. The molecule has 0 aromatic heterocycles. The average molecular weight is 370 g/mol. The van der Waals surface area contributed by atoms with Gasteiger partial charge in [-0.15, -0.1) is 0 Å². The number of ketones is 2. The van der Waals surface area contributed by atoms with E-state index in [9.17, 15) is 19.8 Å². The van der Waals surface area contributed by atoms with Crippen LogP contribution in [0.5, 0.6) is 17.2 Å². The van der Waals surface area contributed by atoms with Crippen LogP contribution < -0.4 is 16.2 Å². The molecule has 2 aromatic rings. The third kappa shape index (κ3) is 3.05. The minimum atomic E-state index is -0.673. The van der Waals surface area contributed by atoms with E-state index in [1.54, 1.807) is 0 Å². The summed E-state index contributed by atoms with van der Waals surface area (Å²) in [4.78, 5) is 25.8. The molecule has 3 rings (SSSR count). The van der Waals surface area contributed by atoms with Gasteiger partial charge < -0.3 is 26.4 Å². The molecule has 0 saturated carbocycles. The third-order valence-corrected chi connectivity index (χ3v) is 4.69. The van der Waals surface area contributed by atoms with Gasteiger partial charge in [0, 0.05) is 11.8 Å². The lowest BCUT2D eigenvalue weighted by Gasteiger charge is -2.23. The van der Waals surface area contributed by atoms with E-state index in [1.807, 2.05) is 0 Å². The van der Waals surface area contributed by atoms with Crippen molar-refractivity contribution in [2.24, 2.45) is 0 Å². The Labute approximate surface area is 156 Å². The van der Waals surface area contributed by atoms with E-state index in [0.717, 1.165) is 25.7 Å². The molecule has 1 aliphatic rings. The fourth-order valence-corrected chi connectivity index (χ4v) is 3.29. The topological polar surface area (TPSA) is 136 Å². The van der Waals surface area contributed by atoms with Crippen molar-refractivity contribution < 1.29 is 24.5 Å². The van der Waals surface area contributed by atoms with Crippen LogP contribution in [0.25, 0.3) is 0 Å². The number of hydrogen-bond acceptors (Lipinski definition) is 7. The van der Waals surface area contributed by atoms with Crippen LogP contribution >= 0.6 is 0 Å². The molecular weight excluding hydrogens is 348 g/mol. The van der Waals surface area contributed by atoms with Crippen LogP contribution in [0.1, 0.15) is 64.4 Å². The summed E-state index contributed by atoms with van der Waals surface area (Å²) in [5.41, 5.74) is 11.2. The minimum Gasteiger partial charge on any atom is -0.507 e. The van der Waals surface area contributed by atoms with Gasteiger partial charge in [-0.2, -0.15) is 0 Å². The van der Waals surface area contributed by atoms with Crippen molar-refractivity contribution in [3.63, 3.8) is 0 Å². The number of benzene rings is 2. The van der Waals surface area contributed by atoms with E-state index in [-0.39, 0.29) is 45.1 Å². The van der Waals surface area contributed by atoms with Crippen molar-refractivity contribution in [1.82, 2.24) is 0 Å². The number of hydrogen-bond donors (Lipinski definition) is 4. The summed E-state index contributed by atoms with van der Waals surface area (Å²) in [5.74, 6) is -1.97. The van der Waals surface area contributed by atoms with Crippen LogP contribution in [0.15, 0.2) is 18.2 Å². The van der Waals surface area contributed by atoms with Crippen LogP contribution in [0.3, 0.4) is 0 Å². The van der Waals surface area contributed by atoms with Crippen molar-refractivity contribution in [2.45, 2.75) is 32.6 Å². The Balaban J connectivity index is 2.04. The maximum Gasteiger partial charge on any atom is 0.200 e. The fraction of sp³-hybridized carbons (Fsp3) is 0.300. The molecule has 0 aliphatic heterocycles. The number of anilines is 2. The zero-order chi connectivity index (χ0) is 19.7. The Morgan fingerprint density at radius 3 is 2.26 bits per heavy atom. The first-order valence-electron chi connectivity index (χ1n) is 8.87. The molecule has 0 radical (unpaired) electrons. The number of phenolic OH excluding ortho intramolecular Hbond substituents is 2. The number of carbonyl (C=O) groups is 2. The number of unbranched alkanes of at least 4 members (excludes halogenated alkanes) is 3. The predicted octanol–water partition coefficient (Wildman–Crippen LogP) is 3.00. The van der Waals surface area contributed by atoms with Gasteiger partial charge in [0.05, 0.1) is 34.5 Å². The molecule has 1 aliphatic carbocycles. The fourth-order valence-electron chi connectivity index (χ4n) is 3.29. The van der Waals surface area contributed by atoms with Crippen molar-refractivity contribution in [3.05, 3.63) is 40.5 Å². The van der Waals surface area contributed by atoms with Crippen LogP contribution in [-0.2, 0) is 0 Å². The first-order valence-corrected chi connectivity index (χ1v) is 8.87. The molecule has 0 fully saturated rings. The molecule has 0 heterocycles. The van der Waals surface area contributed by atoms with E-state index in [0.29, 0.717) is 6.61 Å². The first kappa shape index (κ1) is 18.6. The Bertz CT molecular complexity index is 937. The monoisotopic (exact) mass is 370 g/mol. The van der Waals surface area contributed by atoms with Crippen LogP contribution in [-0.4, -0.2) is 28.4 Å². The number of phenols is 2. The molecule has 0 amide bonds. The molecule has 2 aromatic carbocycles. The van der Waals surface area contributed by atoms with Crippen molar-refractivity contribution in [2.75, 3.05) is 18.1 Å². The number of fused-ring (bicyclic) bond motifs is 2. The maximum absolute atomic E-state index is 13.0. The first-order chi connectivity index (χ1) is 12.9. The summed E-state index contributed by atoms with van der Waals surface area (Å²) in [6, 6.07) is 3.82. The minimum absolute atomic E-state index is 0.0379. The molecule has 0 spiro atoms. The Morgan fingerprint density at radius 2 is 1.56 bits per heavy atom. The zero-order valence-electron chi connectivity index (χ0n) is 15.0. The van der Waals surface area contributed by atoms with Gasteiger partial charge in [-0.1, -0.05) is 26.2 Å². The van der Waals surface area contributed by atoms with Gasteiger partial charge in [-0.3, -0.25) is 9.59 Å². The lowest BCUT2D eigenvalue weighted by molar-refractivity contribution is 0.0975. The third-order valence-electron chi connectivity index (χ3n) is 4.69. The highest BCUT2D eigenvalue weighted by Crippen LogP contribution is 2.44.